The second kappa shape index (κ2) is 5.02. The van der Waals surface area contributed by atoms with Crippen molar-refractivity contribution in [3.63, 3.8) is 0 Å². The Morgan fingerprint density at radius 2 is 1.95 bits per heavy atom. The van der Waals surface area contributed by atoms with Gasteiger partial charge in [0.1, 0.15) is 17.3 Å². The highest BCUT2D eigenvalue weighted by atomic mass is 19.1. The van der Waals surface area contributed by atoms with Gasteiger partial charge in [-0.05, 0) is 37.3 Å². The van der Waals surface area contributed by atoms with Crippen molar-refractivity contribution in [1.29, 1.82) is 0 Å². The van der Waals surface area contributed by atoms with Gasteiger partial charge in [-0.25, -0.2) is 4.39 Å². The van der Waals surface area contributed by atoms with Gasteiger partial charge in [-0.3, -0.25) is 0 Å². The molecular weight excluding hydrogens is 263 g/mol. The van der Waals surface area contributed by atoms with E-state index in [2.05, 4.69) is 0 Å². The van der Waals surface area contributed by atoms with Gasteiger partial charge in [0.15, 0.2) is 11.5 Å². The zero-order valence-electron chi connectivity index (χ0n) is 10.8. The van der Waals surface area contributed by atoms with Crippen molar-refractivity contribution >= 4 is 0 Å². The molecule has 0 aromatic heterocycles. The molecule has 4 nitrogen and oxygen atoms in total. The summed E-state index contributed by atoms with van der Waals surface area (Å²) in [7, 11) is 0. The van der Waals surface area contributed by atoms with Crippen LogP contribution in [0.15, 0.2) is 36.4 Å². The average molecular weight is 276 g/mol. The van der Waals surface area contributed by atoms with Crippen molar-refractivity contribution in [2.45, 2.75) is 13.0 Å². The Hall–Kier alpha value is -2.27. The van der Waals surface area contributed by atoms with E-state index < -0.39 is 11.9 Å². The quantitative estimate of drug-likeness (QED) is 0.933. The molecule has 1 heterocycles. The lowest BCUT2D eigenvalue weighted by Gasteiger charge is -2.13. The molecular formula is C15H13FO4. The van der Waals surface area contributed by atoms with Crippen LogP contribution in [-0.2, 0) is 0 Å². The summed E-state index contributed by atoms with van der Waals surface area (Å²) < 4.78 is 29.4. The van der Waals surface area contributed by atoms with E-state index >= 15 is 0 Å². The summed E-state index contributed by atoms with van der Waals surface area (Å²) in [5, 5.41) is 9.67. The lowest BCUT2D eigenvalue weighted by Crippen LogP contribution is -1.97. The maximum atomic E-state index is 13.2. The van der Waals surface area contributed by atoms with Crippen molar-refractivity contribution in [3.05, 3.63) is 47.8 Å². The highest BCUT2D eigenvalue weighted by Gasteiger charge is 2.16. The molecule has 1 unspecified atom stereocenters. The number of fused-ring (bicyclic) bond motifs is 1. The third-order valence-electron chi connectivity index (χ3n) is 2.99. The molecule has 3 rings (SSSR count). The first-order valence-electron chi connectivity index (χ1n) is 6.18. The second-order valence-electron chi connectivity index (χ2n) is 4.48. The number of aliphatic hydroxyl groups is 1. The van der Waals surface area contributed by atoms with Crippen LogP contribution in [0.4, 0.5) is 4.39 Å². The molecule has 0 fully saturated rings. The van der Waals surface area contributed by atoms with Crippen molar-refractivity contribution in [2.75, 3.05) is 6.79 Å². The minimum atomic E-state index is -0.824. The summed E-state index contributed by atoms with van der Waals surface area (Å²) in [6.07, 6.45) is -0.824. The van der Waals surface area contributed by atoms with E-state index in [1.54, 1.807) is 25.1 Å². The van der Waals surface area contributed by atoms with Crippen LogP contribution < -0.4 is 14.2 Å². The van der Waals surface area contributed by atoms with Crippen LogP contribution in [-0.4, -0.2) is 11.9 Å². The summed E-state index contributed by atoms with van der Waals surface area (Å²) >= 11 is 0. The van der Waals surface area contributed by atoms with Crippen LogP contribution in [0.2, 0.25) is 0 Å². The third kappa shape index (κ3) is 2.40. The molecule has 0 saturated heterocycles. The van der Waals surface area contributed by atoms with Crippen molar-refractivity contribution in [1.82, 2.24) is 0 Å². The number of ether oxygens (including phenoxy) is 3. The van der Waals surface area contributed by atoms with Gasteiger partial charge in [0.05, 0.1) is 6.10 Å². The fourth-order valence-electron chi connectivity index (χ4n) is 2.01. The molecule has 0 radical (unpaired) electrons. The van der Waals surface area contributed by atoms with E-state index in [-0.39, 0.29) is 6.79 Å². The molecule has 1 aliphatic rings. The van der Waals surface area contributed by atoms with Gasteiger partial charge in [0.2, 0.25) is 6.79 Å². The van der Waals surface area contributed by atoms with Gasteiger partial charge in [0, 0.05) is 11.6 Å². The van der Waals surface area contributed by atoms with Gasteiger partial charge in [0.25, 0.3) is 0 Å². The van der Waals surface area contributed by atoms with Gasteiger partial charge >= 0.3 is 0 Å². The second-order valence-corrected chi connectivity index (χ2v) is 4.48. The van der Waals surface area contributed by atoms with E-state index in [9.17, 15) is 9.50 Å². The highest BCUT2D eigenvalue weighted by Crippen LogP contribution is 2.38. The maximum Gasteiger partial charge on any atom is 0.231 e. The Kier molecular flexibility index (Phi) is 3.20. The molecule has 1 aliphatic heterocycles. The third-order valence-corrected chi connectivity index (χ3v) is 2.99. The summed E-state index contributed by atoms with van der Waals surface area (Å²) in [5.74, 6) is 1.78. The predicted molar refractivity (Wildman–Crippen MR) is 69.7 cm³/mol. The standard InChI is InChI=1S/C15H13FO4/c1-9(17)12-6-10(16)2-4-13(12)20-11-3-5-14-15(7-11)19-8-18-14/h2-7,9,17H,8H2,1H3. The number of halogens is 1. The molecule has 0 aliphatic carbocycles. The molecule has 2 aromatic carbocycles. The Bertz CT molecular complexity index is 640. The molecule has 0 saturated carbocycles. The van der Waals surface area contributed by atoms with E-state index in [1.807, 2.05) is 0 Å². The SMILES string of the molecule is CC(O)c1cc(F)ccc1Oc1ccc2c(c1)OCO2. The van der Waals surface area contributed by atoms with Crippen LogP contribution in [0.1, 0.15) is 18.6 Å². The zero-order chi connectivity index (χ0) is 14.1. The van der Waals surface area contributed by atoms with Crippen LogP contribution in [0.3, 0.4) is 0 Å². The summed E-state index contributed by atoms with van der Waals surface area (Å²) in [5.41, 5.74) is 0.391. The van der Waals surface area contributed by atoms with Crippen LogP contribution in [0.5, 0.6) is 23.0 Å². The number of hydrogen-bond donors (Lipinski definition) is 1. The number of aliphatic hydroxyl groups excluding tert-OH is 1. The van der Waals surface area contributed by atoms with Gasteiger partial charge in [-0.1, -0.05) is 0 Å². The fourth-order valence-corrected chi connectivity index (χ4v) is 2.01. The molecule has 0 amide bonds. The molecule has 0 spiro atoms. The minimum Gasteiger partial charge on any atom is -0.457 e. The topological polar surface area (TPSA) is 47.9 Å². The van der Waals surface area contributed by atoms with Crippen molar-refractivity contribution in [3.8, 4) is 23.0 Å². The monoisotopic (exact) mass is 276 g/mol. The smallest absolute Gasteiger partial charge is 0.231 e. The first-order valence-corrected chi connectivity index (χ1v) is 6.18. The Morgan fingerprint density at radius 1 is 1.15 bits per heavy atom. The lowest BCUT2D eigenvalue weighted by atomic mass is 10.1. The van der Waals surface area contributed by atoms with Crippen LogP contribution >= 0.6 is 0 Å². The zero-order valence-corrected chi connectivity index (χ0v) is 10.8. The first kappa shape index (κ1) is 12.7. The number of benzene rings is 2. The molecule has 104 valence electrons. The summed E-state index contributed by atoms with van der Waals surface area (Å²) in [4.78, 5) is 0. The average Bonchev–Trinajstić information content (AvgIpc) is 2.88. The largest absolute Gasteiger partial charge is 0.457 e. The number of rotatable bonds is 3. The highest BCUT2D eigenvalue weighted by molar-refractivity contribution is 5.48. The lowest BCUT2D eigenvalue weighted by molar-refractivity contribution is 0.174. The minimum absolute atomic E-state index is 0.189. The fraction of sp³-hybridized carbons (Fsp3) is 0.200. The molecule has 1 atom stereocenters. The molecule has 20 heavy (non-hydrogen) atoms. The Labute approximate surface area is 115 Å². The van der Waals surface area contributed by atoms with Gasteiger partial charge < -0.3 is 19.3 Å². The van der Waals surface area contributed by atoms with Gasteiger partial charge in [-0.15, -0.1) is 0 Å². The summed E-state index contributed by atoms with van der Waals surface area (Å²) in [6, 6.07) is 9.19. The van der Waals surface area contributed by atoms with E-state index in [1.165, 1.54) is 18.2 Å². The van der Waals surface area contributed by atoms with Gasteiger partial charge in [-0.2, -0.15) is 0 Å². The van der Waals surface area contributed by atoms with E-state index in [0.717, 1.165) is 0 Å². The Morgan fingerprint density at radius 3 is 2.75 bits per heavy atom. The Balaban J connectivity index is 1.91. The molecule has 5 heteroatoms. The van der Waals surface area contributed by atoms with Crippen molar-refractivity contribution < 1.29 is 23.7 Å². The molecule has 1 N–H and O–H groups in total. The molecule has 2 aromatic rings. The van der Waals surface area contributed by atoms with Crippen LogP contribution in [0, 0.1) is 5.82 Å². The summed E-state index contributed by atoms with van der Waals surface area (Å²) in [6.45, 7) is 1.75. The maximum absolute atomic E-state index is 13.2. The van der Waals surface area contributed by atoms with Crippen LogP contribution in [0.25, 0.3) is 0 Å². The normalized spacial score (nSPS) is 14.2. The number of hydrogen-bond acceptors (Lipinski definition) is 4. The van der Waals surface area contributed by atoms with E-state index in [0.29, 0.717) is 28.6 Å². The molecule has 0 bridgehead atoms. The first-order chi connectivity index (χ1) is 9.63. The predicted octanol–water partition coefficient (Wildman–Crippen LogP) is 3.40. The van der Waals surface area contributed by atoms with E-state index in [4.69, 9.17) is 14.2 Å². The van der Waals surface area contributed by atoms with Crippen molar-refractivity contribution in [2.24, 2.45) is 0 Å².